The maximum atomic E-state index is 13.1. The largest absolute Gasteiger partial charge is 0.507 e. The number of thiophene rings is 1. The minimum Gasteiger partial charge on any atom is -0.507 e. The monoisotopic (exact) mass is 448 g/mol. The van der Waals surface area contributed by atoms with E-state index in [1.807, 2.05) is 67.7 Å². The number of hydrogen-bond acceptors (Lipinski definition) is 6. The van der Waals surface area contributed by atoms with Gasteiger partial charge in [-0.05, 0) is 66.9 Å². The molecule has 1 aromatic heterocycles. The zero-order chi connectivity index (χ0) is 22.8. The molecule has 1 aliphatic heterocycles. The summed E-state index contributed by atoms with van der Waals surface area (Å²) in [6.45, 7) is 2.42. The SMILES string of the molecule is CCOc1ccc(/C(O)=C2/C(=O)C(=O)N(c3ccc(N(C)C)cc3)C2c2cccs2)cc1. The van der Waals surface area contributed by atoms with Crippen molar-refractivity contribution in [3.63, 3.8) is 0 Å². The van der Waals surface area contributed by atoms with E-state index in [0.717, 1.165) is 10.6 Å². The average molecular weight is 449 g/mol. The molecule has 1 atom stereocenters. The zero-order valence-corrected chi connectivity index (χ0v) is 18.9. The van der Waals surface area contributed by atoms with E-state index >= 15 is 0 Å². The molecule has 6 nitrogen and oxygen atoms in total. The van der Waals surface area contributed by atoms with Crippen molar-refractivity contribution in [2.45, 2.75) is 13.0 Å². The molecule has 0 saturated carbocycles. The van der Waals surface area contributed by atoms with Crippen molar-refractivity contribution in [2.24, 2.45) is 0 Å². The highest BCUT2D eigenvalue weighted by Crippen LogP contribution is 2.43. The summed E-state index contributed by atoms with van der Waals surface area (Å²) in [5.74, 6) is -0.891. The fraction of sp³-hybridized carbons (Fsp3) is 0.200. The molecule has 4 rings (SSSR count). The fourth-order valence-electron chi connectivity index (χ4n) is 3.76. The minimum atomic E-state index is -0.702. The van der Waals surface area contributed by atoms with Crippen molar-refractivity contribution >= 4 is 40.2 Å². The smallest absolute Gasteiger partial charge is 0.300 e. The average Bonchev–Trinajstić information content (AvgIpc) is 3.41. The van der Waals surface area contributed by atoms with Crippen molar-refractivity contribution in [1.29, 1.82) is 0 Å². The van der Waals surface area contributed by atoms with E-state index in [2.05, 4.69) is 0 Å². The Morgan fingerprint density at radius 1 is 1.06 bits per heavy atom. The summed E-state index contributed by atoms with van der Waals surface area (Å²) in [5, 5.41) is 13.0. The molecule has 3 aromatic rings. The number of amides is 1. The first-order chi connectivity index (χ1) is 15.4. The topological polar surface area (TPSA) is 70.1 Å². The molecule has 1 amide bonds. The Morgan fingerprint density at radius 3 is 2.31 bits per heavy atom. The van der Waals surface area contributed by atoms with Crippen LogP contribution < -0.4 is 14.5 Å². The molecule has 0 spiro atoms. The lowest BCUT2D eigenvalue weighted by atomic mass is 9.99. The Balaban J connectivity index is 1.82. The predicted octanol–water partition coefficient (Wildman–Crippen LogP) is 4.84. The van der Waals surface area contributed by atoms with Crippen LogP contribution in [0.2, 0.25) is 0 Å². The van der Waals surface area contributed by atoms with E-state index in [4.69, 9.17) is 4.74 Å². The van der Waals surface area contributed by atoms with Crippen LogP contribution >= 0.6 is 11.3 Å². The summed E-state index contributed by atoms with van der Waals surface area (Å²) in [6, 6.07) is 17.3. The van der Waals surface area contributed by atoms with Crippen LogP contribution in [0.15, 0.2) is 71.6 Å². The first-order valence-electron chi connectivity index (χ1n) is 10.3. The van der Waals surface area contributed by atoms with E-state index in [1.165, 1.54) is 16.2 Å². The van der Waals surface area contributed by atoms with Crippen LogP contribution in [0.4, 0.5) is 11.4 Å². The Morgan fingerprint density at radius 2 is 1.75 bits per heavy atom. The number of carbonyl (C=O) groups excluding carboxylic acids is 2. The van der Waals surface area contributed by atoms with Crippen molar-refractivity contribution in [2.75, 3.05) is 30.5 Å². The maximum Gasteiger partial charge on any atom is 0.300 e. The second-order valence-electron chi connectivity index (χ2n) is 7.55. The number of aliphatic hydroxyl groups is 1. The van der Waals surface area contributed by atoms with Gasteiger partial charge in [-0.2, -0.15) is 0 Å². The van der Waals surface area contributed by atoms with Gasteiger partial charge in [0.05, 0.1) is 12.2 Å². The standard InChI is InChI=1S/C25H24N2O4S/c1-4-31-19-13-7-16(8-14-19)23(28)21-22(20-6-5-15-32-20)27(25(30)24(21)29)18-11-9-17(10-12-18)26(2)3/h5-15,22,28H,4H2,1-3H3/b23-21-. The predicted molar refractivity (Wildman–Crippen MR) is 127 cm³/mol. The van der Waals surface area contributed by atoms with E-state index < -0.39 is 17.7 Å². The maximum absolute atomic E-state index is 13.1. The van der Waals surface area contributed by atoms with Crippen molar-refractivity contribution < 1.29 is 19.4 Å². The van der Waals surface area contributed by atoms with Gasteiger partial charge < -0.3 is 14.7 Å². The molecular formula is C25H24N2O4S. The number of nitrogens with zero attached hydrogens (tertiary/aromatic N) is 2. The quantitative estimate of drug-likeness (QED) is 0.332. The van der Waals surface area contributed by atoms with Crippen molar-refractivity contribution in [3.8, 4) is 5.75 Å². The van der Waals surface area contributed by atoms with Gasteiger partial charge in [0.15, 0.2) is 0 Å². The Bertz CT molecular complexity index is 1150. The molecule has 2 heterocycles. The number of benzene rings is 2. The number of hydrogen-bond donors (Lipinski definition) is 1. The van der Waals surface area contributed by atoms with Gasteiger partial charge >= 0.3 is 0 Å². The highest BCUT2D eigenvalue weighted by atomic mass is 32.1. The molecule has 2 aromatic carbocycles. The van der Waals surface area contributed by atoms with Crippen LogP contribution in [0.25, 0.3) is 5.76 Å². The van der Waals surface area contributed by atoms with E-state index in [1.54, 1.807) is 24.3 Å². The van der Waals surface area contributed by atoms with Gasteiger partial charge in [-0.25, -0.2) is 0 Å². The van der Waals surface area contributed by atoms with E-state index in [-0.39, 0.29) is 11.3 Å². The van der Waals surface area contributed by atoms with Gasteiger partial charge in [0.2, 0.25) is 0 Å². The van der Waals surface area contributed by atoms with Gasteiger partial charge in [0, 0.05) is 35.9 Å². The summed E-state index contributed by atoms with van der Waals surface area (Å²) in [6.07, 6.45) is 0. The van der Waals surface area contributed by atoms with Crippen molar-refractivity contribution in [1.82, 2.24) is 0 Å². The lowest BCUT2D eigenvalue weighted by Gasteiger charge is -2.25. The zero-order valence-electron chi connectivity index (χ0n) is 18.1. The second kappa shape index (κ2) is 8.88. The lowest BCUT2D eigenvalue weighted by Crippen LogP contribution is -2.29. The molecule has 1 fully saturated rings. The summed E-state index contributed by atoms with van der Waals surface area (Å²) in [5.41, 5.74) is 2.11. The number of ketones is 1. The first-order valence-corrected chi connectivity index (χ1v) is 11.2. The number of ether oxygens (including phenoxy) is 1. The molecule has 1 aliphatic rings. The van der Waals surface area contributed by atoms with Gasteiger partial charge in [0.25, 0.3) is 11.7 Å². The van der Waals surface area contributed by atoms with Crippen LogP contribution in [-0.2, 0) is 9.59 Å². The normalized spacial score (nSPS) is 17.6. The summed E-state index contributed by atoms with van der Waals surface area (Å²) >= 11 is 1.44. The lowest BCUT2D eigenvalue weighted by molar-refractivity contribution is -0.132. The second-order valence-corrected chi connectivity index (χ2v) is 8.53. The molecule has 164 valence electrons. The van der Waals surface area contributed by atoms with Gasteiger partial charge in [-0.1, -0.05) is 6.07 Å². The number of carbonyl (C=O) groups is 2. The highest BCUT2D eigenvalue weighted by molar-refractivity contribution is 7.10. The summed E-state index contributed by atoms with van der Waals surface area (Å²) < 4.78 is 5.46. The summed E-state index contributed by atoms with van der Waals surface area (Å²) in [4.78, 5) is 30.5. The molecule has 1 unspecified atom stereocenters. The molecular weight excluding hydrogens is 424 g/mol. The van der Waals surface area contributed by atoms with Crippen LogP contribution in [0.3, 0.4) is 0 Å². The van der Waals surface area contributed by atoms with Crippen LogP contribution in [-0.4, -0.2) is 37.5 Å². The molecule has 1 saturated heterocycles. The Hall–Kier alpha value is -3.58. The third-order valence-electron chi connectivity index (χ3n) is 5.34. The number of anilines is 2. The first kappa shape index (κ1) is 21.6. The molecule has 7 heteroatoms. The molecule has 0 bridgehead atoms. The number of aliphatic hydroxyl groups excluding tert-OH is 1. The third-order valence-corrected chi connectivity index (χ3v) is 6.26. The molecule has 0 radical (unpaired) electrons. The Kier molecular flexibility index (Phi) is 6.01. The van der Waals surface area contributed by atoms with Crippen LogP contribution in [0.1, 0.15) is 23.4 Å². The molecule has 1 N–H and O–H groups in total. The number of Topliss-reactive ketones (excluding diaryl/α,β-unsaturated/α-hetero) is 1. The highest BCUT2D eigenvalue weighted by Gasteiger charge is 2.47. The van der Waals surface area contributed by atoms with Crippen molar-refractivity contribution in [3.05, 3.63) is 82.1 Å². The van der Waals surface area contributed by atoms with Crippen LogP contribution in [0.5, 0.6) is 5.75 Å². The van der Waals surface area contributed by atoms with Gasteiger partial charge in [0.1, 0.15) is 17.6 Å². The van der Waals surface area contributed by atoms with Gasteiger partial charge in [-0.15, -0.1) is 11.3 Å². The van der Waals surface area contributed by atoms with E-state index in [9.17, 15) is 14.7 Å². The Labute approximate surface area is 191 Å². The fourth-order valence-corrected chi connectivity index (χ4v) is 4.58. The minimum absolute atomic E-state index is 0.0818. The third kappa shape index (κ3) is 3.87. The van der Waals surface area contributed by atoms with Gasteiger partial charge in [-0.3, -0.25) is 14.5 Å². The number of rotatable bonds is 6. The summed E-state index contributed by atoms with van der Waals surface area (Å²) in [7, 11) is 3.87. The molecule has 0 aliphatic carbocycles. The van der Waals surface area contributed by atoms with Crippen LogP contribution in [0, 0.1) is 0 Å². The molecule has 32 heavy (non-hydrogen) atoms. The van der Waals surface area contributed by atoms with E-state index in [0.29, 0.717) is 23.6 Å².